The molecule has 0 spiro atoms. The van der Waals surface area contributed by atoms with Gasteiger partial charge < -0.3 is 19.0 Å². The molecule has 7 nitrogen and oxygen atoms in total. The van der Waals surface area contributed by atoms with Crippen molar-refractivity contribution in [3.05, 3.63) is 59.7 Å². The number of amides is 1. The molecule has 0 unspecified atom stereocenters. The molecule has 150 valence electrons. The fourth-order valence-electron chi connectivity index (χ4n) is 3.79. The highest BCUT2D eigenvalue weighted by molar-refractivity contribution is 6.11. The molecule has 0 aliphatic carbocycles. The van der Waals surface area contributed by atoms with Gasteiger partial charge in [-0.3, -0.25) is 14.4 Å². The van der Waals surface area contributed by atoms with E-state index in [9.17, 15) is 14.4 Å². The van der Waals surface area contributed by atoms with Gasteiger partial charge in [0.25, 0.3) is 0 Å². The van der Waals surface area contributed by atoms with E-state index in [2.05, 4.69) is 4.98 Å². The highest BCUT2D eigenvalue weighted by atomic mass is 16.5. The summed E-state index contributed by atoms with van der Waals surface area (Å²) in [6, 6.07) is 11.0. The van der Waals surface area contributed by atoms with Gasteiger partial charge >= 0.3 is 5.97 Å². The minimum absolute atomic E-state index is 0.0760. The summed E-state index contributed by atoms with van der Waals surface area (Å²) in [5.41, 5.74) is 2.13. The Bertz CT molecular complexity index is 1070. The molecule has 0 saturated carbocycles. The Morgan fingerprint density at radius 2 is 2.07 bits per heavy atom. The lowest BCUT2D eigenvalue weighted by Gasteiger charge is -2.17. The maximum atomic E-state index is 12.9. The first-order chi connectivity index (χ1) is 13.9. The van der Waals surface area contributed by atoms with Gasteiger partial charge in [0.1, 0.15) is 5.76 Å². The third-order valence-corrected chi connectivity index (χ3v) is 5.28. The van der Waals surface area contributed by atoms with E-state index in [4.69, 9.17) is 9.15 Å². The van der Waals surface area contributed by atoms with Crippen LogP contribution in [0.5, 0.6) is 0 Å². The molecule has 0 radical (unpaired) electrons. The molecule has 1 aliphatic heterocycles. The zero-order valence-corrected chi connectivity index (χ0v) is 16.3. The number of likely N-dealkylation sites (tertiary alicyclic amines) is 1. The maximum absolute atomic E-state index is 12.9. The third-order valence-electron chi connectivity index (χ3n) is 5.28. The predicted octanol–water partition coefficient (Wildman–Crippen LogP) is 3.23. The Morgan fingerprint density at radius 1 is 1.28 bits per heavy atom. The number of furan rings is 1. The first-order valence-electron chi connectivity index (χ1n) is 9.56. The van der Waals surface area contributed by atoms with Crippen molar-refractivity contribution in [2.45, 2.75) is 32.9 Å². The number of aromatic nitrogens is 1. The Kier molecular flexibility index (Phi) is 4.96. The number of ketones is 1. The molecule has 1 fully saturated rings. The maximum Gasteiger partial charge on any atom is 0.311 e. The number of aromatic amines is 1. The average Bonchev–Trinajstić information content (AvgIpc) is 3.40. The van der Waals surface area contributed by atoms with Crippen molar-refractivity contribution in [1.82, 2.24) is 9.88 Å². The van der Waals surface area contributed by atoms with Crippen LogP contribution < -0.4 is 0 Å². The fraction of sp³-hybridized carbons (Fsp3) is 0.318. The monoisotopic (exact) mass is 394 g/mol. The molecule has 2 atom stereocenters. The van der Waals surface area contributed by atoms with Gasteiger partial charge in [0.2, 0.25) is 11.7 Å². The van der Waals surface area contributed by atoms with Crippen LogP contribution in [-0.2, 0) is 20.9 Å². The summed E-state index contributed by atoms with van der Waals surface area (Å²) in [5.74, 6) is -0.846. The van der Waals surface area contributed by atoms with Crippen LogP contribution in [0.25, 0.3) is 10.9 Å². The standard InChI is InChI=1S/C22H22N2O5/c1-13-20(17-7-3-4-8-18(17)23-13)21(26)14(2)29-22(27)15-10-19(25)24(11-15)12-16-6-5-9-28-16/h3-9,14-15,23H,10-12H2,1-2H3/t14-,15+/m1/s1. The van der Waals surface area contributed by atoms with Crippen LogP contribution in [0.3, 0.4) is 0 Å². The van der Waals surface area contributed by atoms with Gasteiger partial charge in [0.05, 0.1) is 18.7 Å². The second kappa shape index (κ2) is 7.58. The molecule has 3 aromatic rings. The molecule has 4 rings (SSSR count). The zero-order valence-electron chi connectivity index (χ0n) is 16.3. The number of nitrogens with one attached hydrogen (secondary N) is 1. The molecule has 7 heteroatoms. The summed E-state index contributed by atoms with van der Waals surface area (Å²) < 4.78 is 10.7. The number of nitrogens with zero attached hydrogens (tertiary/aromatic N) is 1. The lowest BCUT2D eigenvalue weighted by Crippen LogP contribution is -2.30. The Hall–Kier alpha value is -3.35. The minimum Gasteiger partial charge on any atom is -0.467 e. The van der Waals surface area contributed by atoms with Gasteiger partial charge in [0.15, 0.2) is 6.10 Å². The predicted molar refractivity (Wildman–Crippen MR) is 105 cm³/mol. The van der Waals surface area contributed by atoms with E-state index in [-0.39, 0.29) is 24.7 Å². The molecule has 1 aliphatic rings. The normalized spacial score (nSPS) is 17.7. The number of carbonyl (C=O) groups excluding carboxylic acids is 3. The van der Waals surface area contributed by atoms with Crippen molar-refractivity contribution < 1.29 is 23.5 Å². The number of benzene rings is 1. The molecular formula is C22H22N2O5. The molecule has 1 N–H and O–H groups in total. The first kappa shape index (κ1) is 19.0. The van der Waals surface area contributed by atoms with Crippen LogP contribution in [0.2, 0.25) is 0 Å². The number of esters is 1. The van der Waals surface area contributed by atoms with Crippen molar-refractivity contribution >= 4 is 28.6 Å². The van der Waals surface area contributed by atoms with Crippen molar-refractivity contribution in [2.24, 2.45) is 5.92 Å². The number of aryl methyl sites for hydroxylation is 1. The molecule has 29 heavy (non-hydrogen) atoms. The van der Waals surface area contributed by atoms with E-state index in [1.54, 1.807) is 30.2 Å². The number of hydrogen-bond donors (Lipinski definition) is 1. The van der Waals surface area contributed by atoms with Crippen molar-refractivity contribution in [2.75, 3.05) is 6.54 Å². The number of hydrogen-bond acceptors (Lipinski definition) is 5. The molecule has 1 aromatic carbocycles. The molecular weight excluding hydrogens is 372 g/mol. The van der Waals surface area contributed by atoms with Crippen LogP contribution in [0, 0.1) is 12.8 Å². The first-order valence-corrected chi connectivity index (χ1v) is 9.56. The molecule has 0 bridgehead atoms. The van der Waals surface area contributed by atoms with Crippen molar-refractivity contribution in [3.8, 4) is 0 Å². The molecule has 1 amide bonds. The van der Waals surface area contributed by atoms with Crippen LogP contribution >= 0.6 is 0 Å². The summed E-state index contributed by atoms with van der Waals surface area (Å²) in [4.78, 5) is 42.5. The number of fused-ring (bicyclic) bond motifs is 1. The lowest BCUT2D eigenvalue weighted by molar-refractivity contribution is -0.151. The second-order valence-corrected chi connectivity index (χ2v) is 7.37. The number of H-pyrrole nitrogens is 1. The highest BCUT2D eigenvalue weighted by Crippen LogP contribution is 2.26. The summed E-state index contributed by atoms with van der Waals surface area (Å²) in [5, 5.41) is 0.804. The van der Waals surface area contributed by atoms with E-state index in [1.807, 2.05) is 31.2 Å². The topological polar surface area (TPSA) is 92.6 Å². The van der Waals surface area contributed by atoms with Gasteiger partial charge in [-0.1, -0.05) is 18.2 Å². The third kappa shape index (κ3) is 3.68. The summed E-state index contributed by atoms with van der Waals surface area (Å²) in [6.45, 7) is 3.97. The minimum atomic E-state index is -0.936. The molecule has 3 heterocycles. The average molecular weight is 394 g/mol. The SMILES string of the molecule is Cc1[nH]c2ccccc2c1C(=O)[C@@H](C)OC(=O)[C@H]1CC(=O)N(Cc2ccco2)C1. The van der Waals surface area contributed by atoms with E-state index < -0.39 is 18.0 Å². The summed E-state index contributed by atoms with van der Waals surface area (Å²) >= 11 is 0. The Morgan fingerprint density at radius 3 is 2.83 bits per heavy atom. The number of Topliss-reactive ketones (excluding diaryl/α,β-unsaturated/α-hetero) is 1. The quantitative estimate of drug-likeness (QED) is 0.512. The van der Waals surface area contributed by atoms with E-state index >= 15 is 0 Å². The van der Waals surface area contributed by atoms with Gasteiger partial charge in [-0.05, 0) is 32.0 Å². The van der Waals surface area contributed by atoms with Crippen LogP contribution in [0.4, 0.5) is 0 Å². The summed E-state index contributed by atoms with van der Waals surface area (Å²) in [7, 11) is 0. The number of rotatable bonds is 6. The number of carbonyl (C=O) groups is 3. The van der Waals surface area contributed by atoms with Gasteiger partial charge in [-0.2, -0.15) is 0 Å². The van der Waals surface area contributed by atoms with Gasteiger partial charge in [-0.15, -0.1) is 0 Å². The highest BCUT2D eigenvalue weighted by Gasteiger charge is 2.37. The zero-order chi connectivity index (χ0) is 20.5. The van der Waals surface area contributed by atoms with E-state index in [0.29, 0.717) is 17.9 Å². The lowest BCUT2D eigenvalue weighted by atomic mass is 10.0. The van der Waals surface area contributed by atoms with Crippen LogP contribution in [0.15, 0.2) is 47.1 Å². The van der Waals surface area contributed by atoms with Gasteiger partial charge in [-0.25, -0.2) is 0 Å². The molecule has 2 aromatic heterocycles. The largest absolute Gasteiger partial charge is 0.467 e. The Labute approximate surface area is 167 Å². The van der Waals surface area contributed by atoms with Crippen molar-refractivity contribution in [1.29, 1.82) is 0 Å². The van der Waals surface area contributed by atoms with Crippen LogP contribution in [0.1, 0.15) is 35.2 Å². The second-order valence-electron chi connectivity index (χ2n) is 7.37. The van der Waals surface area contributed by atoms with Gasteiger partial charge in [0, 0.05) is 35.1 Å². The molecule has 1 saturated heterocycles. The van der Waals surface area contributed by atoms with E-state index in [1.165, 1.54) is 0 Å². The smallest absolute Gasteiger partial charge is 0.311 e. The summed E-state index contributed by atoms with van der Waals surface area (Å²) in [6.07, 6.45) is 0.684. The van der Waals surface area contributed by atoms with Crippen LogP contribution in [-0.4, -0.2) is 40.2 Å². The van der Waals surface area contributed by atoms with E-state index in [0.717, 1.165) is 16.6 Å². The van der Waals surface area contributed by atoms with Crippen molar-refractivity contribution in [3.63, 3.8) is 0 Å². The number of ether oxygens (including phenoxy) is 1. The fourth-order valence-corrected chi connectivity index (χ4v) is 3.79. The Balaban J connectivity index is 1.42. The number of para-hydroxylation sites is 1.